The van der Waals surface area contributed by atoms with Gasteiger partial charge in [-0.1, -0.05) is 38.1 Å². The van der Waals surface area contributed by atoms with Gasteiger partial charge in [-0.3, -0.25) is 9.48 Å². The van der Waals surface area contributed by atoms with Crippen molar-refractivity contribution in [2.24, 2.45) is 7.05 Å². The summed E-state index contributed by atoms with van der Waals surface area (Å²) >= 11 is 0. The van der Waals surface area contributed by atoms with Gasteiger partial charge in [0.2, 0.25) is 5.89 Å². The minimum Gasteiger partial charge on any atom is -0.475 e. The van der Waals surface area contributed by atoms with Gasteiger partial charge in [-0.2, -0.15) is 28.4 Å². The van der Waals surface area contributed by atoms with E-state index in [1.807, 2.05) is 75.9 Å². The number of benzene rings is 1. The average Bonchev–Trinajstić information content (AvgIpc) is 3.66. The van der Waals surface area contributed by atoms with E-state index >= 15 is 0 Å². The zero-order chi connectivity index (χ0) is 30.8. The molecular formula is C27H27F3N8O4. The van der Waals surface area contributed by atoms with E-state index in [4.69, 9.17) is 14.4 Å². The number of carbonyl (C=O) groups excluding carboxylic acids is 1. The molecule has 0 aliphatic carbocycles. The predicted molar refractivity (Wildman–Crippen MR) is 143 cm³/mol. The first-order chi connectivity index (χ1) is 19.6. The number of alkyl halides is 3. The second-order valence-electron chi connectivity index (χ2n) is 10.3. The smallest absolute Gasteiger partial charge is 0.475 e. The average molecular weight is 585 g/mol. The van der Waals surface area contributed by atoms with Crippen LogP contribution in [-0.4, -0.2) is 57.7 Å². The van der Waals surface area contributed by atoms with Crippen molar-refractivity contribution in [3.63, 3.8) is 0 Å². The van der Waals surface area contributed by atoms with E-state index in [1.54, 1.807) is 11.0 Å². The Morgan fingerprint density at radius 1 is 1.10 bits per heavy atom. The number of hydrogen-bond donors (Lipinski definition) is 2. The van der Waals surface area contributed by atoms with Crippen molar-refractivity contribution in [3.8, 4) is 22.5 Å². The molecule has 12 nitrogen and oxygen atoms in total. The van der Waals surface area contributed by atoms with Gasteiger partial charge >= 0.3 is 12.1 Å². The number of nitrogens with zero attached hydrogens (tertiary/aromatic N) is 7. The number of rotatable bonds is 5. The topological polar surface area (TPSA) is 153 Å². The number of carbonyl (C=O) groups is 2. The molecule has 0 unspecified atom stereocenters. The van der Waals surface area contributed by atoms with Crippen LogP contribution in [0.5, 0.6) is 0 Å². The maximum absolute atomic E-state index is 12.5. The van der Waals surface area contributed by atoms with E-state index in [0.29, 0.717) is 12.4 Å². The molecule has 0 spiro atoms. The van der Waals surface area contributed by atoms with Gasteiger partial charge in [-0.25, -0.2) is 14.3 Å². The highest BCUT2D eigenvalue weighted by atomic mass is 19.4. The largest absolute Gasteiger partial charge is 0.490 e. The Kier molecular flexibility index (Phi) is 8.13. The van der Waals surface area contributed by atoms with Crippen molar-refractivity contribution in [3.05, 3.63) is 71.9 Å². The van der Waals surface area contributed by atoms with E-state index in [0.717, 1.165) is 39.2 Å². The Hall–Kier alpha value is -5.08. The molecule has 42 heavy (non-hydrogen) atoms. The van der Waals surface area contributed by atoms with Gasteiger partial charge in [0.1, 0.15) is 6.33 Å². The summed E-state index contributed by atoms with van der Waals surface area (Å²) in [5.41, 5.74) is 6.21. The molecule has 0 saturated heterocycles. The van der Waals surface area contributed by atoms with Crippen LogP contribution in [0.4, 0.5) is 13.2 Å². The number of aliphatic carboxylic acids is 1. The first-order valence-electron chi connectivity index (χ1n) is 12.5. The fourth-order valence-corrected chi connectivity index (χ4v) is 3.78. The molecule has 0 bridgehead atoms. The Morgan fingerprint density at radius 3 is 2.38 bits per heavy atom. The zero-order valence-electron chi connectivity index (χ0n) is 23.3. The van der Waals surface area contributed by atoms with Crippen LogP contribution < -0.4 is 5.32 Å². The molecule has 2 N–H and O–H groups in total. The van der Waals surface area contributed by atoms with Crippen LogP contribution >= 0.6 is 0 Å². The Labute approximate surface area is 237 Å². The van der Waals surface area contributed by atoms with Crippen molar-refractivity contribution < 1.29 is 32.4 Å². The molecule has 1 aromatic carbocycles. The van der Waals surface area contributed by atoms with Gasteiger partial charge in [0.05, 0.1) is 16.9 Å². The maximum atomic E-state index is 12.5. The number of fused-ring (bicyclic) bond motifs is 1. The summed E-state index contributed by atoms with van der Waals surface area (Å²) in [5.74, 6) is -2.67. The highest BCUT2D eigenvalue weighted by Crippen LogP contribution is 2.28. The van der Waals surface area contributed by atoms with Gasteiger partial charge in [-0.05, 0) is 36.2 Å². The number of carboxylic acid groups (broad SMARTS) is 1. The molecule has 4 aromatic heterocycles. The lowest BCUT2D eigenvalue weighted by Gasteiger charge is -2.10. The summed E-state index contributed by atoms with van der Waals surface area (Å²) in [6, 6.07) is 10.0. The quantitative estimate of drug-likeness (QED) is 0.307. The van der Waals surface area contributed by atoms with Gasteiger partial charge in [0.15, 0.2) is 0 Å². The molecule has 220 valence electrons. The van der Waals surface area contributed by atoms with Crippen molar-refractivity contribution in [2.75, 3.05) is 0 Å². The minimum atomic E-state index is -5.08. The van der Waals surface area contributed by atoms with Gasteiger partial charge < -0.3 is 14.9 Å². The number of nitrogens with one attached hydrogen (secondary N) is 1. The number of amides is 1. The van der Waals surface area contributed by atoms with Crippen molar-refractivity contribution in [1.29, 1.82) is 0 Å². The van der Waals surface area contributed by atoms with E-state index in [1.165, 1.54) is 0 Å². The van der Waals surface area contributed by atoms with Gasteiger partial charge in [0.25, 0.3) is 11.7 Å². The molecule has 15 heteroatoms. The first-order valence-corrected chi connectivity index (χ1v) is 12.5. The number of hydrogen-bond acceptors (Lipinski definition) is 8. The maximum Gasteiger partial charge on any atom is 0.490 e. The molecule has 0 radical (unpaired) electrons. The number of aryl methyl sites for hydroxylation is 2. The normalized spacial score (nSPS) is 11.7. The first kappa shape index (κ1) is 29.9. The lowest BCUT2D eigenvalue weighted by atomic mass is 9.97. The Balaban J connectivity index is 0.000000517. The lowest BCUT2D eigenvalue weighted by Crippen LogP contribution is -2.24. The monoisotopic (exact) mass is 584 g/mol. The van der Waals surface area contributed by atoms with E-state index in [2.05, 4.69) is 36.7 Å². The summed E-state index contributed by atoms with van der Waals surface area (Å²) in [6.45, 7) is 8.20. The summed E-state index contributed by atoms with van der Waals surface area (Å²) in [4.78, 5) is 30.2. The lowest BCUT2D eigenvalue weighted by molar-refractivity contribution is -0.192. The molecular weight excluding hydrogens is 557 g/mol. The minimum absolute atomic E-state index is 0.0320. The molecule has 0 saturated carbocycles. The van der Waals surface area contributed by atoms with Gasteiger partial charge in [0, 0.05) is 42.5 Å². The molecule has 0 atom stereocenters. The zero-order valence-corrected chi connectivity index (χ0v) is 23.3. The fourth-order valence-electron chi connectivity index (χ4n) is 3.78. The van der Waals surface area contributed by atoms with E-state index < -0.39 is 12.1 Å². The van der Waals surface area contributed by atoms with Gasteiger partial charge in [-0.15, -0.1) is 0 Å². The SMILES string of the molecule is Cc1cc(-c2ncnn3cc(-c4ccn(C)n4)cc23)ccc1CNC(=O)c1noc(C(C)(C)C)n1.O=C(O)C(F)(F)F. The van der Waals surface area contributed by atoms with Crippen LogP contribution in [0.1, 0.15) is 48.4 Å². The van der Waals surface area contributed by atoms with Crippen molar-refractivity contribution in [2.45, 2.75) is 45.8 Å². The summed E-state index contributed by atoms with van der Waals surface area (Å²) in [7, 11) is 1.89. The summed E-state index contributed by atoms with van der Waals surface area (Å²) < 4.78 is 40.5. The third-order valence-corrected chi connectivity index (χ3v) is 5.98. The molecule has 4 heterocycles. The number of aromatic nitrogens is 7. The third kappa shape index (κ3) is 6.79. The molecule has 1 amide bonds. The standard InChI is InChI=1S/C25H26N8O2.C2HF3O2/c1-15-10-16(6-7-17(15)12-26-23(34)22-29-24(35-31-22)25(2,3)4)21-20-11-18(13-33(20)28-14-27-21)19-8-9-32(5)30-19;3-2(4,5)1(6)7/h6-11,13-14H,12H2,1-5H3,(H,26,34);(H,6,7). The van der Waals surface area contributed by atoms with Crippen LogP contribution in [0.25, 0.3) is 28.0 Å². The molecule has 5 rings (SSSR count). The second-order valence-corrected chi connectivity index (χ2v) is 10.3. The van der Waals surface area contributed by atoms with Crippen LogP contribution in [-0.2, 0) is 23.8 Å². The summed E-state index contributed by atoms with van der Waals surface area (Å²) in [6.07, 6.45) is 0.320. The highest BCUT2D eigenvalue weighted by molar-refractivity contribution is 5.90. The summed E-state index contributed by atoms with van der Waals surface area (Å²) in [5, 5.41) is 22.6. The molecule has 0 aliphatic rings. The van der Waals surface area contributed by atoms with E-state index in [9.17, 15) is 18.0 Å². The third-order valence-electron chi connectivity index (χ3n) is 5.98. The second kappa shape index (κ2) is 11.4. The van der Waals surface area contributed by atoms with E-state index in [-0.39, 0.29) is 17.1 Å². The Bertz CT molecular complexity index is 1750. The van der Waals surface area contributed by atoms with Crippen molar-refractivity contribution >= 4 is 17.4 Å². The number of carboxylic acids is 1. The predicted octanol–water partition coefficient (Wildman–Crippen LogP) is 4.35. The fraction of sp³-hybridized carbons (Fsp3) is 0.296. The molecule has 0 aliphatic heterocycles. The molecule has 5 aromatic rings. The van der Waals surface area contributed by atoms with Crippen LogP contribution in [0.15, 0.2) is 53.6 Å². The van der Waals surface area contributed by atoms with Crippen LogP contribution in [0.3, 0.4) is 0 Å². The van der Waals surface area contributed by atoms with Crippen LogP contribution in [0, 0.1) is 6.92 Å². The Morgan fingerprint density at radius 2 is 1.81 bits per heavy atom. The number of halogens is 3. The van der Waals surface area contributed by atoms with Crippen LogP contribution in [0.2, 0.25) is 0 Å². The highest BCUT2D eigenvalue weighted by Gasteiger charge is 2.38. The molecule has 0 fully saturated rings. The van der Waals surface area contributed by atoms with Crippen molar-refractivity contribution in [1.82, 2.24) is 39.8 Å².